The van der Waals surface area contributed by atoms with E-state index in [-0.39, 0.29) is 5.41 Å². The largest absolute Gasteiger partial charge is 0.299 e. The highest BCUT2D eigenvalue weighted by Crippen LogP contribution is 2.41. The molecule has 0 aromatic carbocycles. The zero-order valence-electron chi connectivity index (χ0n) is 11.8. The Morgan fingerprint density at radius 3 is 2.65 bits per heavy atom. The molecule has 0 aromatic rings. The van der Waals surface area contributed by atoms with Crippen molar-refractivity contribution in [1.29, 1.82) is 0 Å². The Hall–Kier alpha value is -0.850. The zero-order valence-corrected chi connectivity index (χ0v) is 11.8. The summed E-state index contributed by atoms with van der Waals surface area (Å²) in [6, 6.07) is 0. The topological polar surface area (TPSA) is 17.1 Å². The number of rotatable bonds is 5. The molecule has 1 aliphatic rings. The third-order valence-corrected chi connectivity index (χ3v) is 4.36. The Bertz CT molecular complexity index is 337. The van der Waals surface area contributed by atoms with E-state index in [9.17, 15) is 4.79 Å². The fraction of sp³-hybridized carbons (Fsp3) is 0.688. The van der Waals surface area contributed by atoms with Gasteiger partial charge < -0.3 is 0 Å². The van der Waals surface area contributed by atoms with Crippen LogP contribution in [0, 0.1) is 11.3 Å². The third-order valence-electron chi connectivity index (χ3n) is 4.36. The van der Waals surface area contributed by atoms with Crippen LogP contribution >= 0.6 is 0 Å². The second kappa shape index (κ2) is 5.66. The lowest BCUT2D eigenvalue weighted by atomic mass is 9.67. The van der Waals surface area contributed by atoms with Gasteiger partial charge in [-0.2, -0.15) is 0 Å². The molecule has 0 bridgehead atoms. The normalized spacial score (nSPS) is 28.7. The van der Waals surface area contributed by atoms with Crippen molar-refractivity contribution in [1.82, 2.24) is 0 Å². The zero-order chi connectivity index (χ0) is 13.1. The Kier molecular flexibility index (Phi) is 4.73. The van der Waals surface area contributed by atoms with Crippen molar-refractivity contribution >= 4 is 5.78 Å². The van der Waals surface area contributed by atoms with Gasteiger partial charge >= 0.3 is 0 Å². The summed E-state index contributed by atoms with van der Waals surface area (Å²) in [4.78, 5) is 11.7. The maximum atomic E-state index is 11.7. The molecule has 0 saturated heterocycles. The van der Waals surface area contributed by atoms with E-state index in [4.69, 9.17) is 0 Å². The van der Waals surface area contributed by atoms with E-state index < -0.39 is 0 Å². The molecule has 0 heterocycles. The number of hydrogen-bond acceptors (Lipinski definition) is 1. The number of allylic oxidation sites excluding steroid dienone is 3. The fourth-order valence-electron chi connectivity index (χ4n) is 2.59. The first kappa shape index (κ1) is 14.2. The summed E-state index contributed by atoms with van der Waals surface area (Å²) in [7, 11) is 0. The van der Waals surface area contributed by atoms with Gasteiger partial charge in [0.25, 0.3) is 0 Å². The number of hydrogen-bond donors (Lipinski definition) is 0. The van der Waals surface area contributed by atoms with Crippen LogP contribution in [-0.2, 0) is 4.79 Å². The van der Waals surface area contributed by atoms with Crippen LogP contribution in [0.3, 0.4) is 0 Å². The summed E-state index contributed by atoms with van der Waals surface area (Å²) in [5.41, 5.74) is 2.68. The van der Waals surface area contributed by atoms with Crippen LogP contribution in [0.15, 0.2) is 23.8 Å². The molecule has 0 N–H and O–H groups in total. The van der Waals surface area contributed by atoms with E-state index in [0.29, 0.717) is 11.7 Å². The molecule has 0 fully saturated rings. The lowest BCUT2D eigenvalue weighted by molar-refractivity contribution is -0.128. The van der Waals surface area contributed by atoms with Crippen LogP contribution < -0.4 is 0 Å². The predicted octanol–water partition coefficient (Wildman–Crippen LogP) is 4.68. The van der Waals surface area contributed by atoms with E-state index in [2.05, 4.69) is 33.4 Å². The van der Waals surface area contributed by atoms with Gasteiger partial charge in [-0.15, -0.1) is 6.58 Å². The Balaban J connectivity index is 2.57. The van der Waals surface area contributed by atoms with Gasteiger partial charge in [0.05, 0.1) is 0 Å². The molecular weight excluding hydrogens is 208 g/mol. The molecule has 17 heavy (non-hydrogen) atoms. The average Bonchev–Trinajstić information content (AvgIpc) is 2.22. The molecule has 0 unspecified atom stereocenters. The Labute approximate surface area is 106 Å². The van der Waals surface area contributed by atoms with E-state index in [1.807, 2.05) is 0 Å². The number of Topliss-reactive ketones (excluding diaryl/α,β-unsaturated/α-hetero) is 1. The summed E-state index contributed by atoms with van der Waals surface area (Å²) in [6.07, 6.45) is 7.94. The molecule has 1 nitrogen and oxygen atoms in total. The second-order valence-corrected chi connectivity index (χ2v) is 5.90. The third kappa shape index (κ3) is 3.55. The van der Waals surface area contributed by atoms with Gasteiger partial charge in [-0.25, -0.2) is 0 Å². The van der Waals surface area contributed by atoms with Gasteiger partial charge in [-0.1, -0.05) is 31.1 Å². The first-order valence-corrected chi connectivity index (χ1v) is 6.71. The van der Waals surface area contributed by atoms with Crippen molar-refractivity contribution in [2.45, 2.75) is 59.8 Å². The first-order chi connectivity index (χ1) is 7.86. The van der Waals surface area contributed by atoms with E-state index >= 15 is 0 Å². The van der Waals surface area contributed by atoms with Crippen molar-refractivity contribution < 1.29 is 4.79 Å². The first-order valence-electron chi connectivity index (χ1n) is 6.71. The highest BCUT2D eigenvalue weighted by Gasteiger charge is 2.37. The molecule has 96 valence electrons. The summed E-state index contributed by atoms with van der Waals surface area (Å²) < 4.78 is 0. The van der Waals surface area contributed by atoms with Crippen LogP contribution in [0.2, 0.25) is 0 Å². The average molecular weight is 234 g/mol. The number of ketones is 1. The van der Waals surface area contributed by atoms with E-state index in [1.165, 1.54) is 24.0 Å². The standard InChI is InChI=1S/C16H26O/c1-12(2)7-6-8-15-9-10-16(5,14(4)17)13(3)11-15/h11,13H,1,6-10H2,2-5H3/t13-,16-/m1/s1. The highest BCUT2D eigenvalue weighted by molar-refractivity contribution is 5.82. The van der Waals surface area contributed by atoms with Crippen LogP contribution in [0.1, 0.15) is 59.8 Å². The molecule has 0 aromatic heterocycles. The molecule has 0 spiro atoms. The van der Waals surface area contributed by atoms with Gasteiger partial charge in [-0.3, -0.25) is 4.79 Å². The Morgan fingerprint density at radius 1 is 1.53 bits per heavy atom. The van der Waals surface area contributed by atoms with Gasteiger partial charge in [0, 0.05) is 5.41 Å². The lowest BCUT2D eigenvalue weighted by Gasteiger charge is -2.36. The molecule has 0 amide bonds. The minimum atomic E-state index is -0.127. The molecule has 1 heteroatoms. The van der Waals surface area contributed by atoms with Crippen LogP contribution in [0.25, 0.3) is 0 Å². The summed E-state index contributed by atoms with van der Waals surface area (Å²) in [5, 5.41) is 0. The van der Waals surface area contributed by atoms with Gasteiger partial charge in [0.2, 0.25) is 0 Å². The second-order valence-electron chi connectivity index (χ2n) is 5.90. The maximum Gasteiger partial charge on any atom is 0.136 e. The van der Waals surface area contributed by atoms with E-state index in [0.717, 1.165) is 19.3 Å². The molecule has 1 rings (SSSR count). The summed E-state index contributed by atoms with van der Waals surface area (Å²) >= 11 is 0. The minimum Gasteiger partial charge on any atom is -0.299 e. The monoisotopic (exact) mass is 234 g/mol. The van der Waals surface area contributed by atoms with Gasteiger partial charge in [-0.05, 0) is 51.9 Å². The molecule has 1 aliphatic carbocycles. The highest BCUT2D eigenvalue weighted by atomic mass is 16.1. The molecule has 0 radical (unpaired) electrons. The molecule has 0 aliphatic heterocycles. The molecule has 0 saturated carbocycles. The fourth-order valence-corrected chi connectivity index (χ4v) is 2.59. The Morgan fingerprint density at radius 2 is 2.18 bits per heavy atom. The quantitative estimate of drug-likeness (QED) is 0.631. The van der Waals surface area contributed by atoms with Crippen LogP contribution in [-0.4, -0.2) is 5.78 Å². The minimum absolute atomic E-state index is 0.127. The SMILES string of the molecule is C=C(C)CCCC1=C[C@@H](C)[C@](C)(C(C)=O)CC1. The predicted molar refractivity (Wildman–Crippen MR) is 73.9 cm³/mol. The molecular formula is C16H26O. The van der Waals surface area contributed by atoms with Crippen molar-refractivity contribution in [3.8, 4) is 0 Å². The smallest absolute Gasteiger partial charge is 0.136 e. The van der Waals surface area contributed by atoms with Crippen molar-refractivity contribution in [3.05, 3.63) is 23.8 Å². The van der Waals surface area contributed by atoms with Crippen LogP contribution in [0.4, 0.5) is 0 Å². The van der Waals surface area contributed by atoms with Crippen molar-refractivity contribution in [2.75, 3.05) is 0 Å². The summed E-state index contributed by atoms with van der Waals surface area (Å²) in [5.74, 6) is 0.718. The van der Waals surface area contributed by atoms with Gasteiger partial charge in [0.1, 0.15) is 5.78 Å². The number of carbonyl (C=O) groups is 1. The van der Waals surface area contributed by atoms with Crippen LogP contribution in [0.5, 0.6) is 0 Å². The number of carbonyl (C=O) groups excluding carboxylic acids is 1. The van der Waals surface area contributed by atoms with Crippen molar-refractivity contribution in [3.63, 3.8) is 0 Å². The maximum absolute atomic E-state index is 11.7. The van der Waals surface area contributed by atoms with Crippen molar-refractivity contribution in [2.24, 2.45) is 11.3 Å². The molecule has 2 atom stereocenters. The van der Waals surface area contributed by atoms with E-state index in [1.54, 1.807) is 6.92 Å². The van der Waals surface area contributed by atoms with Gasteiger partial charge in [0.15, 0.2) is 0 Å². The lowest BCUT2D eigenvalue weighted by Crippen LogP contribution is -2.34. The summed E-state index contributed by atoms with van der Waals surface area (Å²) in [6.45, 7) is 12.0.